The van der Waals surface area contributed by atoms with Crippen LogP contribution < -0.4 is 5.32 Å². The molecule has 0 unspecified atom stereocenters. The van der Waals surface area contributed by atoms with Crippen LogP contribution in [0.25, 0.3) is 10.8 Å². The number of carbonyl (C=O) groups is 1. The van der Waals surface area contributed by atoms with Crippen molar-refractivity contribution in [2.24, 2.45) is 0 Å². The van der Waals surface area contributed by atoms with Crippen LogP contribution in [0.5, 0.6) is 0 Å². The fraction of sp³-hybridized carbons (Fsp3) is 0.111. The van der Waals surface area contributed by atoms with Gasteiger partial charge in [-0.15, -0.1) is 0 Å². The van der Waals surface area contributed by atoms with Gasteiger partial charge in [0.15, 0.2) is 11.6 Å². The molecule has 3 nitrogen and oxygen atoms in total. The van der Waals surface area contributed by atoms with Gasteiger partial charge in [0.25, 0.3) is 5.91 Å². The predicted molar refractivity (Wildman–Crippen MR) is 84.0 cm³/mol. The molecular formula is C18H14F2N2O. The van der Waals surface area contributed by atoms with Crippen molar-refractivity contribution in [3.63, 3.8) is 0 Å². The molecule has 3 aromatic rings. The van der Waals surface area contributed by atoms with Crippen molar-refractivity contribution in [3.8, 4) is 0 Å². The van der Waals surface area contributed by atoms with Crippen molar-refractivity contribution in [2.75, 3.05) is 0 Å². The molecule has 1 atom stereocenters. The zero-order chi connectivity index (χ0) is 16.4. The van der Waals surface area contributed by atoms with Crippen LogP contribution in [0, 0.1) is 11.6 Å². The molecule has 3 rings (SSSR count). The summed E-state index contributed by atoms with van der Waals surface area (Å²) < 4.78 is 27.1. The van der Waals surface area contributed by atoms with Crippen molar-refractivity contribution in [1.82, 2.24) is 10.3 Å². The number of hydrogen-bond donors (Lipinski definition) is 1. The van der Waals surface area contributed by atoms with E-state index in [4.69, 9.17) is 0 Å². The number of aromatic nitrogens is 1. The van der Waals surface area contributed by atoms with E-state index in [1.54, 1.807) is 13.1 Å². The molecule has 0 bridgehead atoms. The maximum Gasteiger partial charge on any atom is 0.253 e. The van der Waals surface area contributed by atoms with E-state index in [2.05, 4.69) is 10.3 Å². The van der Waals surface area contributed by atoms with Crippen LogP contribution in [0.1, 0.15) is 28.9 Å². The van der Waals surface area contributed by atoms with Crippen LogP contribution in [0.4, 0.5) is 8.78 Å². The highest BCUT2D eigenvalue weighted by molar-refractivity contribution is 6.06. The minimum Gasteiger partial charge on any atom is -0.345 e. The van der Waals surface area contributed by atoms with Gasteiger partial charge in [-0.2, -0.15) is 0 Å². The summed E-state index contributed by atoms with van der Waals surface area (Å²) in [5, 5.41) is 4.28. The van der Waals surface area contributed by atoms with E-state index in [0.717, 1.165) is 16.8 Å². The Bertz CT molecular complexity index is 875. The summed E-state index contributed by atoms with van der Waals surface area (Å²) in [6.07, 6.45) is 3.13. The predicted octanol–water partition coefficient (Wildman–Crippen LogP) is 4.00. The molecular weight excluding hydrogens is 298 g/mol. The molecule has 0 aliphatic rings. The topological polar surface area (TPSA) is 42.0 Å². The summed E-state index contributed by atoms with van der Waals surface area (Å²) in [5.74, 6) is -2.27. The van der Waals surface area contributed by atoms with Gasteiger partial charge in [-0.3, -0.25) is 9.78 Å². The zero-order valence-electron chi connectivity index (χ0n) is 12.4. The SMILES string of the molecule is C[C@H](NC(=O)c1cncc2ccccc12)c1cccc(F)c1F. The van der Waals surface area contributed by atoms with Gasteiger partial charge in [0.1, 0.15) is 0 Å². The van der Waals surface area contributed by atoms with Crippen LogP contribution in [0.3, 0.4) is 0 Å². The number of amides is 1. The van der Waals surface area contributed by atoms with Gasteiger partial charge in [-0.25, -0.2) is 8.78 Å². The molecule has 0 fully saturated rings. The summed E-state index contributed by atoms with van der Waals surface area (Å²) in [6.45, 7) is 1.61. The van der Waals surface area contributed by atoms with Gasteiger partial charge in [0.05, 0.1) is 11.6 Å². The Balaban J connectivity index is 1.90. The van der Waals surface area contributed by atoms with Crippen molar-refractivity contribution in [1.29, 1.82) is 0 Å². The average molecular weight is 312 g/mol. The largest absolute Gasteiger partial charge is 0.345 e. The summed E-state index contributed by atoms with van der Waals surface area (Å²) >= 11 is 0. The number of rotatable bonds is 3. The van der Waals surface area contributed by atoms with Gasteiger partial charge in [-0.05, 0) is 18.4 Å². The number of carbonyl (C=O) groups excluding carboxylic acids is 1. The van der Waals surface area contributed by atoms with Crippen LogP contribution >= 0.6 is 0 Å². The molecule has 0 saturated heterocycles. The number of hydrogen-bond acceptors (Lipinski definition) is 2. The van der Waals surface area contributed by atoms with Crippen LogP contribution in [-0.2, 0) is 0 Å². The lowest BCUT2D eigenvalue weighted by atomic mass is 10.0. The maximum atomic E-state index is 13.8. The summed E-state index contributed by atoms with van der Waals surface area (Å²) in [4.78, 5) is 16.5. The lowest BCUT2D eigenvalue weighted by molar-refractivity contribution is 0.0940. The Labute approximate surface area is 132 Å². The quantitative estimate of drug-likeness (QED) is 0.794. The number of benzene rings is 2. The number of halogens is 2. The first-order valence-electron chi connectivity index (χ1n) is 7.15. The van der Waals surface area contributed by atoms with Crippen LogP contribution in [-0.4, -0.2) is 10.9 Å². The third-order valence-corrected chi connectivity index (χ3v) is 3.71. The van der Waals surface area contributed by atoms with Crippen LogP contribution in [0.15, 0.2) is 54.9 Å². The maximum absolute atomic E-state index is 13.8. The Morgan fingerprint density at radius 3 is 2.70 bits per heavy atom. The second-order valence-corrected chi connectivity index (χ2v) is 5.25. The molecule has 0 aliphatic carbocycles. The molecule has 0 radical (unpaired) electrons. The van der Waals surface area contributed by atoms with E-state index in [1.807, 2.05) is 24.3 Å². The minimum absolute atomic E-state index is 0.103. The highest BCUT2D eigenvalue weighted by atomic mass is 19.2. The number of nitrogens with zero attached hydrogens (tertiary/aromatic N) is 1. The lowest BCUT2D eigenvalue weighted by Gasteiger charge is -2.16. The first-order valence-corrected chi connectivity index (χ1v) is 7.15. The smallest absolute Gasteiger partial charge is 0.253 e. The van der Waals surface area contributed by atoms with Crippen molar-refractivity contribution < 1.29 is 13.6 Å². The number of fused-ring (bicyclic) bond motifs is 1. The Kier molecular flexibility index (Phi) is 4.02. The second kappa shape index (κ2) is 6.12. The van der Waals surface area contributed by atoms with E-state index in [1.165, 1.54) is 18.3 Å². The highest BCUT2D eigenvalue weighted by Gasteiger charge is 2.18. The Hall–Kier alpha value is -2.82. The zero-order valence-corrected chi connectivity index (χ0v) is 12.4. The Morgan fingerprint density at radius 1 is 1.09 bits per heavy atom. The first-order chi connectivity index (χ1) is 11.1. The van der Waals surface area contributed by atoms with E-state index >= 15 is 0 Å². The highest BCUT2D eigenvalue weighted by Crippen LogP contribution is 2.21. The van der Waals surface area contributed by atoms with Crippen molar-refractivity contribution >= 4 is 16.7 Å². The fourth-order valence-corrected chi connectivity index (χ4v) is 2.50. The number of nitrogens with one attached hydrogen (secondary N) is 1. The molecule has 1 heterocycles. The molecule has 0 saturated carbocycles. The van der Waals surface area contributed by atoms with E-state index in [9.17, 15) is 13.6 Å². The van der Waals surface area contributed by atoms with E-state index < -0.39 is 17.7 Å². The van der Waals surface area contributed by atoms with Gasteiger partial charge in [0, 0.05) is 23.3 Å². The van der Waals surface area contributed by atoms with Gasteiger partial charge in [-0.1, -0.05) is 36.4 Å². The molecule has 116 valence electrons. The molecule has 1 N–H and O–H groups in total. The first kappa shape index (κ1) is 15.1. The summed E-state index contributed by atoms with van der Waals surface area (Å²) in [6, 6.07) is 10.6. The molecule has 0 aliphatic heterocycles. The van der Waals surface area contributed by atoms with Crippen molar-refractivity contribution in [2.45, 2.75) is 13.0 Å². The number of pyridine rings is 1. The monoisotopic (exact) mass is 312 g/mol. The van der Waals surface area contributed by atoms with Gasteiger partial charge >= 0.3 is 0 Å². The average Bonchev–Trinajstić information content (AvgIpc) is 2.56. The Morgan fingerprint density at radius 2 is 1.87 bits per heavy atom. The molecule has 1 aromatic heterocycles. The van der Waals surface area contributed by atoms with Crippen LogP contribution in [0.2, 0.25) is 0 Å². The molecule has 0 spiro atoms. The van der Waals surface area contributed by atoms with Gasteiger partial charge < -0.3 is 5.32 Å². The molecule has 2 aromatic carbocycles. The second-order valence-electron chi connectivity index (χ2n) is 5.25. The van der Waals surface area contributed by atoms with E-state index in [0.29, 0.717) is 5.56 Å². The molecule has 1 amide bonds. The standard InChI is InChI=1S/C18H14F2N2O/c1-11(13-7-4-8-16(19)17(13)20)22-18(23)15-10-21-9-12-5-2-3-6-14(12)15/h2-11H,1H3,(H,22,23)/t11-/m0/s1. The van der Waals surface area contributed by atoms with Crippen molar-refractivity contribution in [3.05, 3.63) is 77.6 Å². The van der Waals surface area contributed by atoms with E-state index in [-0.39, 0.29) is 11.5 Å². The fourth-order valence-electron chi connectivity index (χ4n) is 2.50. The summed E-state index contributed by atoms with van der Waals surface area (Å²) in [5.41, 5.74) is 0.498. The third-order valence-electron chi connectivity index (χ3n) is 3.71. The molecule has 23 heavy (non-hydrogen) atoms. The van der Waals surface area contributed by atoms with Gasteiger partial charge in [0.2, 0.25) is 0 Å². The minimum atomic E-state index is -0.948. The lowest BCUT2D eigenvalue weighted by Crippen LogP contribution is -2.27. The third kappa shape index (κ3) is 2.90. The summed E-state index contributed by atoms with van der Waals surface area (Å²) in [7, 11) is 0. The molecule has 5 heteroatoms. The normalized spacial score (nSPS) is 12.1.